The van der Waals surface area contributed by atoms with Crippen molar-refractivity contribution in [1.29, 1.82) is 0 Å². The topological polar surface area (TPSA) is 49.4 Å². The molecule has 2 aliphatic rings. The van der Waals surface area contributed by atoms with E-state index in [2.05, 4.69) is 5.32 Å². The van der Waals surface area contributed by atoms with Gasteiger partial charge in [-0.2, -0.15) is 0 Å². The van der Waals surface area contributed by atoms with E-state index in [1.54, 1.807) is 29.2 Å². The fraction of sp³-hybridized carbons (Fsp3) is 0.333. The van der Waals surface area contributed by atoms with E-state index < -0.39 is 11.6 Å². The number of anilines is 1. The molecule has 27 heavy (non-hydrogen) atoms. The van der Waals surface area contributed by atoms with Crippen molar-refractivity contribution in [2.24, 2.45) is 5.92 Å². The van der Waals surface area contributed by atoms with Crippen LogP contribution in [0.15, 0.2) is 42.5 Å². The van der Waals surface area contributed by atoms with E-state index in [1.807, 2.05) is 0 Å². The van der Waals surface area contributed by atoms with Gasteiger partial charge in [0.05, 0.1) is 0 Å². The minimum atomic E-state index is -0.654. The highest BCUT2D eigenvalue weighted by molar-refractivity contribution is 5.98. The summed E-state index contributed by atoms with van der Waals surface area (Å²) in [6.45, 7) is 0.0915. The quantitative estimate of drug-likeness (QED) is 0.832. The molecular formula is C21H20F2N2O2. The Morgan fingerprint density at radius 1 is 1.04 bits per heavy atom. The number of benzene rings is 2. The van der Waals surface area contributed by atoms with Crippen molar-refractivity contribution in [2.45, 2.75) is 38.3 Å². The first-order valence-corrected chi connectivity index (χ1v) is 9.17. The lowest BCUT2D eigenvalue weighted by atomic mass is 10.1. The van der Waals surface area contributed by atoms with Crippen molar-refractivity contribution in [3.63, 3.8) is 0 Å². The standard InChI is InChI=1S/C21H20F2N2O2/c22-16-7-6-15(19(23)11-16)12-25(18-8-9-18)21(27)14-2-1-3-17(10-14)24-20(26)13-4-5-13/h1-3,6-7,10-11,13,18H,4-5,8-9,12H2,(H,24,26). The van der Waals surface area contributed by atoms with Crippen LogP contribution in [-0.2, 0) is 11.3 Å². The molecule has 2 aliphatic carbocycles. The number of amides is 2. The van der Waals surface area contributed by atoms with Crippen LogP contribution in [0.4, 0.5) is 14.5 Å². The highest BCUT2D eigenvalue weighted by Crippen LogP contribution is 2.32. The molecule has 140 valence electrons. The van der Waals surface area contributed by atoms with Crippen molar-refractivity contribution in [1.82, 2.24) is 4.90 Å². The number of carbonyl (C=O) groups is 2. The molecule has 6 heteroatoms. The lowest BCUT2D eigenvalue weighted by Crippen LogP contribution is -2.33. The van der Waals surface area contributed by atoms with E-state index in [1.165, 1.54) is 12.1 Å². The number of nitrogens with zero attached hydrogens (tertiary/aromatic N) is 1. The van der Waals surface area contributed by atoms with Crippen molar-refractivity contribution in [3.05, 3.63) is 65.2 Å². The molecule has 0 saturated heterocycles. The summed E-state index contributed by atoms with van der Waals surface area (Å²) in [7, 11) is 0. The van der Waals surface area contributed by atoms with Gasteiger partial charge < -0.3 is 10.2 Å². The Morgan fingerprint density at radius 2 is 1.81 bits per heavy atom. The highest BCUT2D eigenvalue weighted by atomic mass is 19.1. The SMILES string of the molecule is O=C(Nc1cccc(C(=O)N(Cc2ccc(F)cc2F)C2CC2)c1)C1CC1. The summed E-state index contributed by atoms with van der Waals surface area (Å²) in [5.74, 6) is -1.46. The van der Waals surface area contributed by atoms with Crippen molar-refractivity contribution in [3.8, 4) is 0 Å². The third kappa shape index (κ3) is 4.15. The Hall–Kier alpha value is -2.76. The van der Waals surface area contributed by atoms with E-state index in [0.29, 0.717) is 11.3 Å². The summed E-state index contributed by atoms with van der Waals surface area (Å²) >= 11 is 0. The van der Waals surface area contributed by atoms with Gasteiger partial charge in [0.2, 0.25) is 5.91 Å². The fourth-order valence-corrected chi connectivity index (χ4v) is 3.07. The zero-order valence-electron chi connectivity index (χ0n) is 14.8. The van der Waals surface area contributed by atoms with Gasteiger partial charge in [-0.15, -0.1) is 0 Å². The van der Waals surface area contributed by atoms with Gasteiger partial charge >= 0.3 is 0 Å². The average molecular weight is 370 g/mol. The van der Waals surface area contributed by atoms with Crippen LogP contribution in [0, 0.1) is 17.6 Å². The molecule has 2 amide bonds. The molecule has 0 bridgehead atoms. The van der Waals surface area contributed by atoms with Gasteiger partial charge in [0.1, 0.15) is 11.6 Å². The molecule has 2 aromatic carbocycles. The lowest BCUT2D eigenvalue weighted by Gasteiger charge is -2.23. The largest absolute Gasteiger partial charge is 0.331 e. The van der Waals surface area contributed by atoms with Crippen LogP contribution in [0.3, 0.4) is 0 Å². The van der Waals surface area contributed by atoms with E-state index >= 15 is 0 Å². The van der Waals surface area contributed by atoms with Gasteiger partial charge in [-0.1, -0.05) is 12.1 Å². The van der Waals surface area contributed by atoms with Crippen LogP contribution >= 0.6 is 0 Å². The summed E-state index contributed by atoms with van der Waals surface area (Å²) < 4.78 is 27.2. The van der Waals surface area contributed by atoms with Crippen LogP contribution in [0.1, 0.15) is 41.6 Å². The van der Waals surface area contributed by atoms with Gasteiger partial charge in [-0.3, -0.25) is 9.59 Å². The molecule has 4 rings (SSSR count). The molecular weight excluding hydrogens is 350 g/mol. The molecule has 0 radical (unpaired) electrons. The monoisotopic (exact) mass is 370 g/mol. The van der Waals surface area contributed by atoms with Gasteiger partial charge in [0.25, 0.3) is 5.91 Å². The summed E-state index contributed by atoms with van der Waals surface area (Å²) in [6, 6.07) is 10.3. The molecule has 4 nitrogen and oxygen atoms in total. The van der Waals surface area contributed by atoms with E-state index in [-0.39, 0.29) is 35.9 Å². The first kappa shape index (κ1) is 17.6. The smallest absolute Gasteiger partial charge is 0.254 e. The minimum Gasteiger partial charge on any atom is -0.331 e. The zero-order valence-corrected chi connectivity index (χ0v) is 14.8. The maximum Gasteiger partial charge on any atom is 0.254 e. The minimum absolute atomic E-state index is 0.0213. The number of halogens is 2. The van der Waals surface area contributed by atoms with Gasteiger partial charge in [-0.25, -0.2) is 8.78 Å². The van der Waals surface area contributed by atoms with Crippen LogP contribution in [0.5, 0.6) is 0 Å². The van der Waals surface area contributed by atoms with Crippen molar-refractivity contribution in [2.75, 3.05) is 5.32 Å². The summed E-state index contributed by atoms with van der Waals surface area (Å²) in [5.41, 5.74) is 1.31. The Labute approximate surface area is 156 Å². The number of nitrogens with one attached hydrogen (secondary N) is 1. The molecule has 0 aromatic heterocycles. The Morgan fingerprint density at radius 3 is 2.48 bits per heavy atom. The van der Waals surface area contributed by atoms with E-state index in [9.17, 15) is 18.4 Å². The first-order chi connectivity index (χ1) is 13.0. The van der Waals surface area contributed by atoms with E-state index in [0.717, 1.165) is 31.7 Å². The second kappa shape index (κ2) is 7.10. The number of hydrogen-bond donors (Lipinski definition) is 1. The summed E-state index contributed by atoms with van der Waals surface area (Å²) in [4.78, 5) is 26.6. The molecule has 2 fully saturated rings. The van der Waals surface area contributed by atoms with Crippen molar-refractivity contribution >= 4 is 17.5 Å². The highest BCUT2D eigenvalue weighted by Gasteiger charge is 2.34. The first-order valence-electron chi connectivity index (χ1n) is 9.17. The number of hydrogen-bond acceptors (Lipinski definition) is 2. The summed E-state index contributed by atoms with van der Waals surface area (Å²) in [6.07, 6.45) is 3.55. The third-order valence-electron chi connectivity index (χ3n) is 4.93. The predicted octanol–water partition coefficient (Wildman–Crippen LogP) is 4.12. The molecule has 0 aliphatic heterocycles. The van der Waals surface area contributed by atoms with Gasteiger partial charge in [0, 0.05) is 41.4 Å². The second-order valence-corrected chi connectivity index (χ2v) is 7.24. The lowest BCUT2D eigenvalue weighted by molar-refractivity contribution is -0.117. The Bertz CT molecular complexity index is 892. The molecule has 2 saturated carbocycles. The Kier molecular flexibility index (Phi) is 4.64. The summed E-state index contributed by atoms with van der Waals surface area (Å²) in [5, 5.41) is 2.84. The zero-order chi connectivity index (χ0) is 19.0. The number of carbonyl (C=O) groups excluding carboxylic acids is 2. The molecule has 2 aromatic rings. The maximum absolute atomic E-state index is 14.0. The number of rotatable bonds is 6. The third-order valence-corrected chi connectivity index (χ3v) is 4.93. The maximum atomic E-state index is 14.0. The predicted molar refractivity (Wildman–Crippen MR) is 97.0 cm³/mol. The van der Waals surface area contributed by atoms with Crippen LogP contribution < -0.4 is 5.32 Å². The molecule has 1 N–H and O–H groups in total. The second-order valence-electron chi connectivity index (χ2n) is 7.24. The van der Waals surface area contributed by atoms with Gasteiger partial charge in [0.15, 0.2) is 0 Å². The Balaban J connectivity index is 1.52. The fourth-order valence-electron chi connectivity index (χ4n) is 3.07. The molecule has 0 heterocycles. The van der Waals surface area contributed by atoms with E-state index in [4.69, 9.17) is 0 Å². The molecule has 0 atom stereocenters. The average Bonchev–Trinajstić information content (AvgIpc) is 3.54. The normalized spacial score (nSPS) is 16.1. The van der Waals surface area contributed by atoms with Crippen LogP contribution in [-0.4, -0.2) is 22.8 Å². The van der Waals surface area contributed by atoms with Crippen LogP contribution in [0.25, 0.3) is 0 Å². The molecule has 0 spiro atoms. The molecule has 0 unspecified atom stereocenters. The van der Waals surface area contributed by atoms with Gasteiger partial charge in [-0.05, 0) is 49.9 Å². The van der Waals surface area contributed by atoms with Crippen LogP contribution in [0.2, 0.25) is 0 Å². The van der Waals surface area contributed by atoms with Crippen molar-refractivity contribution < 1.29 is 18.4 Å².